The minimum Gasteiger partial charge on any atom is -0.441 e. The third kappa shape index (κ3) is 6.53. The van der Waals surface area contributed by atoms with Crippen LogP contribution in [0.1, 0.15) is 39.9 Å². The van der Waals surface area contributed by atoms with Gasteiger partial charge < -0.3 is 20.2 Å². The lowest BCUT2D eigenvalue weighted by molar-refractivity contribution is 0.0830. The lowest BCUT2D eigenvalue weighted by atomic mass is 10.00. The number of nitrogens with zero attached hydrogens (tertiary/aromatic N) is 1. The predicted molar refractivity (Wildman–Crippen MR) is 134 cm³/mol. The number of carbonyl (C=O) groups is 1. The molecule has 6 nitrogen and oxygen atoms in total. The lowest BCUT2D eigenvalue weighted by Gasteiger charge is -2.25. The molecule has 0 aliphatic carbocycles. The Bertz CT molecular complexity index is 1330. The van der Waals surface area contributed by atoms with E-state index in [0.717, 1.165) is 18.1 Å². The maximum Gasteiger partial charge on any atom is 0.251 e. The van der Waals surface area contributed by atoms with Gasteiger partial charge in [0.25, 0.3) is 5.91 Å². The van der Waals surface area contributed by atoms with Crippen LogP contribution in [0.25, 0.3) is 11.1 Å². The van der Waals surface area contributed by atoms with E-state index in [1.54, 1.807) is 25.1 Å². The van der Waals surface area contributed by atoms with E-state index in [1.807, 2.05) is 12.1 Å². The van der Waals surface area contributed by atoms with Gasteiger partial charge in [0.2, 0.25) is 0 Å². The zero-order valence-corrected chi connectivity index (χ0v) is 20.2. The number of fused-ring (bicyclic) bond motifs is 1. The second-order valence-corrected chi connectivity index (χ2v) is 8.85. The van der Waals surface area contributed by atoms with Crippen molar-refractivity contribution < 1.29 is 23.1 Å². The average Bonchev–Trinajstić information content (AvgIpc) is 3.22. The van der Waals surface area contributed by atoms with Crippen molar-refractivity contribution in [3.8, 4) is 0 Å². The van der Waals surface area contributed by atoms with Crippen LogP contribution in [0.2, 0.25) is 0 Å². The Morgan fingerprint density at radius 3 is 2.53 bits per heavy atom. The van der Waals surface area contributed by atoms with E-state index in [2.05, 4.69) is 34.7 Å². The molecule has 1 aromatic heterocycles. The molecule has 0 aliphatic rings. The fourth-order valence-electron chi connectivity index (χ4n) is 4.16. The Morgan fingerprint density at radius 2 is 1.78 bits per heavy atom. The van der Waals surface area contributed by atoms with Crippen molar-refractivity contribution in [2.24, 2.45) is 0 Å². The van der Waals surface area contributed by atoms with Gasteiger partial charge in [-0.1, -0.05) is 31.2 Å². The topological polar surface area (TPSA) is 87.4 Å². The highest BCUT2D eigenvalue weighted by atomic mass is 19.1. The predicted octanol–water partition coefficient (Wildman–Crippen LogP) is 4.47. The highest BCUT2D eigenvalue weighted by Gasteiger charge is 2.23. The molecule has 1 heterocycles. The standard InChI is InChI=1S/C28H29F2N3O3/c1-3-18-5-4-6-19(9-18)15-31-16-26(34)25(12-20-10-22(29)14-23(30)11-20)33-28(35)21-7-8-24-27(13-21)36-17(2)32-24/h4-11,13-14,25-26,31,34H,3,12,15-16H2,1-2H3,(H,33,35). The minimum absolute atomic E-state index is 0.0399. The number of aliphatic hydroxyl groups excluding tert-OH is 1. The summed E-state index contributed by atoms with van der Waals surface area (Å²) in [4.78, 5) is 17.3. The van der Waals surface area contributed by atoms with Crippen molar-refractivity contribution >= 4 is 17.0 Å². The van der Waals surface area contributed by atoms with Gasteiger partial charge in [0, 0.05) is 31.6 Å². The Morgan fingerprint density at radius 1 is 1.03 bits per heavy atom. The van der Waals surface area contributed by atoms with Crippen LogP contribution in [-0.4, -0.2) is 34.7 Å². The maximum absolute atomic E-state index is 13.8. The third-order valence-corrected chi connectivity index (χ3v) is 6.00. The summed E-state index contributed by atoms with van der Waals surface area (Å²) in [7, 11) is 0. The Balaban J connectivity index is 1.48. The zero-order valence-electron chi connectivity index (χ0n) is 20.2. The van der Waals surface area contributed by atoms with E-state index >= 15 is 0 Å². The van der Waals surface area contributed by atoms with E-state index in [-0.39, 0.29) is 13.0 Å². The molecular weight excluding hydrogens is 464 g/mol. The number of carbonyl (C=O) groups excluding carboxylic acids is 1. The van der Waals surface area contributed by atoms with Crippen LogP contribution in [0.3, 0.4) is 0 Å². The number of aliphatic hydroxyl groups is 1. The van der Waals surface area contributed by atoms with E-state index in [0.29, 0.717) is 34.7 Å². The summed E-state index contributed by atoms with van der Waals surface area (Å²) in [5, 5.41) is 17.0. The van der Waals surface area contributed by atoms with E-state index < -0.39 is 29.7 Å². The monoisotopic (exact) mass is 493 g/mol. The van der Waals surface area contributed by atoms with Crippen molar-refractivity contribution in [2.75, 3.05) is 6.54 Å². The number of benzene rings is 3. The lowest BCUT2D eigenvalue weighted by Crippen LogP contribution is -2.48. The van der Waals surface area contributed by atoms with Crippen LogP contribution < -0.4 is 10.6 Å². The van der Waals surface area contributed by atoms with Crippen LogP contribution in [0.4, 0.5) is 8.78 Å². The Hall–Kier alpha value is -3.62. The van der Waals surface area contributed by atoms with Gasteiger partial charge in [0.1, 0.15) is 17.2 Å². The summed E-state index contributed by atoms with van der Waals surface area (Å²) < 4.78 is 33.1. The molecule has 0 saturated heterocycles. The van der Waals surface area contributed by atoms with Crippen LogP contribution in [0, 0.1) is 18.6 Å². The molecule has 3 aromatic carbocycles. The van der Waals surface area contributed by atoms with Crippen molar-refractivity contribution in [3.63, 3.8) is 0 Å². The molecule has 4 rings (SSSR count). The number of aromatic nitrogens is 1. The molecule has 0 aliphatic heterocycles. The van der Waals surface area contributed by atoms with E-state index in [1.165, 1.54) is 17.7 Å². The number of oxazole rings is 1. The number of halogens is 2. The van der Waals surface area contributed by atoms with Gasteiger partial charge in [-0.2, -0.15) is 0 Å². The highest BCUT2D eigenvalue weighted by molar-refractivity contribution is 5.97. The zero-order chi connectivity index (χ0) is 25.7. The number of hydrogen-bond acceptors (Lipinski definition) is 5. The first-order valence-corrected chi connectivity index (χ1v) is 11.9. The molecule has 2 atom stereocenters. The molecule has 8 heteroatoms. The van der Waals surface area contributed by atoms with Crippen molar-refractivity contribution in [1.29, 1.82) is 0 Å². The SMILES string of the molecule is CCc1cccc(CNCC(O)C(Cc2cc(F)cc(F)c2)NC(=O)c2ccc3nc(C)oc3c2)c1. The quantitative estimate of drug-likeness (QED) is 0.304. The molecule has 0 spiro atoms. The molecule has 0 fully saturated rings. The van der Waals surface area contributed by atoms with Crippen molar-refractivity contribution in [1.82, 2.24) is 15.6 Å². The minimum atomic E-state index is -1.02. The van der Waals surface area contributed by atoms with Crippen LogP contribution in [0.5, 0.6) is 0 Å². The molecule has 2 unspecified atom stereocenters. The molecule has 0 bridgehead atoms. The number of hydrogen-bond donors (Lipinski definition) is 3. The molecule has 188 valence electrons. The number of amides is 1. The molecule has 1 amide bonds. The fraction of sp³-hybridized carbons (Fsp3) is 0.286. The first kappa shape index (κ1) is 25.5. The molecule has 3 N–H and O–H groups in total. The number of rotatable bonds is 10. The summed E-state index contributed by atoms with van der Waals surface area (Å²) in [6, 6.07) is 15.4. The largest absolute Gasteiger partial charge is 0.441 e. The molecule has 4 aromatic rings. The molecule has 0 radical (unpaired) electrons. The average molecular weight is 494 g/mol. The summed E-state index contributed by atoms with van der Waals surface area (Å²) in [5.41, 5.74) is 4.05. The molecule has 0 saturated carbocycles. The van der Waals surface area contributed by atoms with E-state index in [4.69, 9.17) is 4.42 Å². The van der Waals surface area contributed by atoms with Crippen LogP contribution in [0.15, 0.2) is 65.1 Å². The third-order valence-electron chi connectivity index (χ3n) is 6.00. The summed E-state index contributed by atoms with van der Waals surface area (Å²) in [6.07, 6.45) is -0.0576. The van der Waals surface area contributed by atoms with Gasteiger partial charge in [0.15, 0.2) is 11.5 Å². The van der Waals surface area contributed by atoms with Crippen LogP contribution >= 0.6 is 0 Å². The number of nitrogens with one attached hydrogen (secondary N) is 2. The normalized spacial score (nSPS) is 13.0. The summed E-state index contributed by atoms with van der Waals surface area (Å²) in [6.45, 7) is 4.50. The summed E-state index contributed by atoms with van der Waals surface area (Å²) >= 11 is 0. The van der Waals surface area contributed by atoms with Crippen molar-refractivity contribution in [2.45, 2.75) is 45.4 Å². The molecular formula is C28H29F2N3O3. The number of aryl methyl sites for hydroxylation is 2. The fourth-order valence-corrected chi connectivity index (χ4v) is 4.16. The van der Waals surface area contributed by atoms with Crippen LogP contribution in [-0.2, 0) is 19.4 Å². The Kier molecular flexibility index (Phi) is 8.07. The van der Waals surface area contributed by atoms with Gasteiger partial charge in [0.05, 0.1) is 12.1 Å². The Labute approximate surface area is 208 Å². The van der Waals surface area contributed by atoms with Gasteiger partial charge in [-0.25, -0.2) is 13.8 Å². The summed E-state index contributed by atoms with van der Waals surface area (Å²) in [5.74, 6) is -1.39. The smallest absolute Gasteiger partial charge is 0.251 e. The van der Waals surface area contributed by atoms with Gasteiger partial charge in [-0.3, -0.25) is 4.79 Å². The van der Waals surface area contributed by atoms with E-state index in [9.17, 15) is 18.7 Å². The second kappa shape index (κ2) is 11.4. The highest BCUT2D eigenvalue weighted by Crippen LogP contribution is 2.18. The maximum atomic E-state index is 13.8. The van der Waals surface area contributed by atoms with Gasteiger partial charge >= 0.3 is 0 Å². The molecule has 36 heavy (non-hydrogen) atoms. The van der Waals surface area contributed by atoms with Gasteiger partial charge in [-0.15, -0.1) is 0 Å². The van der Waals surface area contributed by atoms with Crippen molar-refractivity contribution in [3.05, 3.63) is 100 Å². The first-order valence-electron chi connectivity index (χ1n) is 11.9. The second-order valence-electron chi connectivity index (χ2n) is 8.85. The first-order chi connectivity index (χ1) is 17.3. The van der Waals surface area contributed by atoms with Gasteiger partial charge in [-0.05, 0) is 59.9 Å².